The highest BCUT2D eigenvalue weighted by molar-refractivity contribution is 7.80. The van der Waals surface area contributed by atoms with Crippen LogP contribution in [-0.2, 0) is 0 Å². The number of pyridine rings is 4. The second-order valence-electron chi connectivity index (χ2n) is 7.96. The van der Waals surface area contributed by atoms with Crippen LogP contribution in [0.5, 0.6) is 0 Å². The minimum atomic E-state index is 0.657. The van der Waals surface area contributed by atoms with Crippen molar-refractivity contribution in [2.45, 2.75) is 0 Å². The van der Waals surface area contributed by atoms with E-state index < -0.39 is 0 Å². The van der Waals surface area contributed by atoms with Crippen LogP contribution in [0.4, 0.5) is 23.3 Å². The Morgan fingerprint density at radius 3 is 1.00 bits per heavy atom. The normalized spacial score (nSPS) is 13.2. The first kappa shape index (κ1) is 23.7. The molecular weight excluding hydrogens is 488 g/mol. The van der Waals surface area contributed by atoms with E-state index in [-0.39, 0.29) is 0 Å². The lowest BCUT2D eigenvalue weighted by Gasteiger charge is -2.41. The number of piperazine rings is 1. The number of aromatic nitrogens is 4. The van der Waals surface area contributed by atoms with Crippen LogP contribution in [0.3, 0.4) is 0 Å². The molecule has 0 unspecified atom stereocenters. The Hall–Kier alpha value is -4.02. The fraction of sp³-hybridized carbons (Fsp3) is 0.154. The topological polar surface area (TPSA) is 64.5 Å². The minimum absolute atomic E-state index is 0.657. The summed E-state index contributed by atoms with van der Waals surface area (Å²) in [5.74, 6) is 2.93. The summed E-state index contributed by atoms with van der Waals surface area (Å²) in [6.45, 7) is 2.81. The average molecular weight is 513 g/mol. The summed E-state index contributed by atoms with van der Waals surface area (Å²) < 4.78 is 0. The van der Waals surface area contributed by atoms with Gasteiger partial charge in [0.15, 0.2) is 10.2 Å². The number of nitrogens with zero attached hydrogens (tertiary/aromatic N) is 8. The zero-order valence-corrected chi connectivity index (χ0v) is 21.1. The van der Waals surface area contributed by atoms with Crippen LogP contribution in [-0.4, -0.2) is 66.1 Å². The van der Waals surface area contributed by atoms with Gasteiger partial charge in [0.05, 0.1) is 0 Å². The maximum atomic E-state index is 5.96. The van der Waals surface area contributed by atoms with E-state index in [1.807, 2.05) is 82.6 Å². The predicted molar refractivity (Wildman–Crippen MR) is 150 cm³/mol. The van der Waals surface area contributed by atoms with Gasteiger partial charge in [0.25, 0.3) is 0 Å². The van der Waals surface area contributed by atoms with Gasteiger partial charge in [-0.3, -0.25) is 9.80 Å². The largest absolute Gasteiger partial charge is 0.345 e. The van der Waals surface area contributed by atoms with Crippen LogP contribution < -0.4 is 9.80 Å². The lowest BCUT2D eigenvalue weighted by Crippen LogP contribution is -2.55. The van der Waals surface area contributed by atoms with Crippen molar-refractivity contribution in [2.75, 3.05) is 36.0 Å². The SMILES string of the molecule is S=C(N1CCN(C(=S)N(c2ccccn2)c2ccccn2)CC1)N(c1ccccn1)c1ccccn1. The van der Waals surface area contributed by atoms with Crippen LogP contribution >= 0.6 is 24.4 Å². The van der Waals surface area contributed by atoms with Gasteiger partial charge in [0.2, 0.25) is 0 Å². The molecule has 0 amide bonds. The second kappa shape index (κ2) is 11.1. The monoisotopic (exact) mass is 512 g/mol. The van der Waals surface area contributed by atoms with Crippen LogP contribution in [0.25, 0.3) is 0 Å². The first-order valence-corrected chi connectivity index (χ1v) is 12.4. The second-order valence-corrected chi connectivity index (χ2v) is 8.69. The van der Waals surface area contributed by atoms with Gasteiger partial charge in [-0.1, -0.05) is 24.3 Å². The molecule has 36 heavy (non-hydrogen) atoms. The van der Waals surface area contributed by atoms with Gasteiger partial charge in [0, 0.05) is 51.0 Å². The van der Waals surface area contributed by atoms with E-state index in [4.69, 9.17) is 24.4 Å². The highest BCUT2D eigenvalue weighted by Crippen LogP contribution is 2.26. The zero-order valence-electron chi connectivity index (χ0n) is 19.5. The highest BCUT2D eigenvalue weighted by Gasteiger charge is 2.29. The molecule has 4 aromatic rings. The lowest BCUT2D eigenvalue weighted by atomic mass is 10.3. The van der Waals surface area contributed by atoms with Crippen molar-refractivity contribution < 1.29 is 0 Å². The van der Waals surface area contributed by atoms with Crippen molar-refractivity contribution in [3.8, 4) is 0 Å². The molecule has 0 spiro atoms. The standard InChI is InChI=1S/C26H24N8S2/c35-25(33(21-9-1-5-13-27-21)22-10-2-6-14-28-22)31-17-19-32(20-18-31)26(36)34(23-11-3-7-15-29-23)24-12-4-8-16-30-24/h1-16H,17-20H2. The number of rotatable bonds is 4. The van der Waals surface area contributed by atoms with E-state index in [1.54, 1.807) is 24.8 Å². The quantitative estimate of drug-likeness (QED) is 0.367. The summed E-state index contributed by atoms with van der Waals surface area (Å²) in [5.41, 5.74) is 0. The van der Waals surface area contributed by atoms with Gasteiger partial charge in [-0.2, -0.15) is 0 Å². The van der Waals surface area contributed by atoms with E-state index in [0.29, 0.717) is 36.4 Å². The van der Waals surface area contributed by atoms with Crippen molar-refractivity contribution in [1.82, 2.24) is 29.7 Å². The molecule has 5 heterocycles. The van der Waals surface area contributed by atoms with E-state index in [1.165, 1.54) is 0 Å². The maximum absolute atomic E-state index is 5.96. The first-order valence-electron chi connectivity index (χ1n) is 11.5. The van der Waals surface area contributed by atoms with E-state index >= 15 is 0 Å². The maximum Gasteiger partial charge on any atom is 0.183 e. The number of thiocarbonyl (C=S) groups is 2. The molecular formula is C26H24N8S2. The molecule has 0 saturated carbocycles. The Balaban J connectivity index is 1.34. The van der Waals surface area contributed by atoms with Crippen molar-refractivity contribution in [3.63, 3.8) is 0 Å². The Morgan fingerprint density at radius 1 is 0.500 bits per heavy atom. The summed E-state index contributed by atoms with van der Waals surface area (Å²) in [6, 6.07) is 23.1. The van der Waals surface area contributed by atoms with Crippen molar-refractivity contribution in [2.24, 2.45) is 0 Å². The molecule has 8 nitrogen and oxygen atoms in total. The Bertz CT molecular complexity index is 1100. The molecule has 0 N–H and O–H groups in total. The highest BCUT2D eigenvalue weighted by atomic mass is 32.1. The minimum Gasteiger partial charge on any atom is -0.345 e. The molecule has 0 aromatic carbocycles. The first-order chi connectivity index (χ1) is 17.7. The predicted octanol–water partition coefficient (Wildman–Crippen LogP) is 4.43. The fourth-order valence-corrected chi connectivity index (χ4v) is 4.68. The fourth-order valence-electron chi connectivity index (χ4n) is 3.94. The number of hydrogen-bond donors (Lipinski definition) is 0. The molecule has 5 rings (SSSR count). The van der Waals surface area contributed by atoms with Gasteiger partial charge >= 0.3 is 0 Å². The molecule has 180 valence electrons. The van der Waals surface area contributed by atoms with Crippen LogP contribution in [0, 0.1) is 0 Å². The third-order valence-corrected chi connectivity index (χ3v) is 6.60. The summed E-state index contributed by atoms with van der Waals surface area (Å²) in [7, 11) is 0. The molecule has 1 fully saturated rings. The summed E-state index contributed by atoms with van der Waals surface area (Å²) in [6.07, 6.45) is 7.03. The lowest BCUT2D eigenvalue weighted by molar-refractivity contribution is 0.261. The molecule has 1 aliphatic heterocycles. The summed E-state index contributed by atoms with van der Waals surface area (Å²) >= 11 is 11.9. The van der Waals surface area contributed by atoms with E-state index in [0.717, 1.165) is 23.3 Å². The Kier molecular flexibility index (Phi) is 7.34. The molecule has 0 bridgehead atoms. The molecule has 1 saturated heterocycles. The summed E-state index contributed by atoms with van der Waals surface area (Å²) in [4.78, 5) is 26.3. The summed E-state index contributed by atoms with van der Waals surface area (Å²) in [5, 5.41) is 1.31. The Morgan fingerprint density at radius 2 is 0.778 bits per heavy atom. The molecule has 10 heteroatoms. The van der Waals surface area contributed by atoms with Gasteiger partial charge in [0.1, 0.15) is 23.3 Å². The average Bonchev–Trinajstić information content (AvgIpc) is 2.96. The van der Waals surface area contributed by atoms with Gasteiger partial charge in [-0.25, -0.2) is 19.9 Å². The van der Waals surface area contributed by atoms with Crippen LogP contribution in [0.15, 0.2) is 97.6 Å². The molecule has 1 aliphatic rings. The van der Waals surface area contributed by atoms with Gasteiger partial charge in [-0.05, 0) is 73.0 Å². The van der Waals surface area contributed by atoms with Gasteiger partial charge in [-0.15, -0.1) is 0 Å². The van der Waals surface area contributed by atoms with Crippen molar-refractivity contribution >= 4 is 57.9 Å². The van der Waals surface area contributed by atoms with Gasteiger partial charge < -0.3 is 9.80 Å². The van der Waals surface area contributed by atoms with Crippen LogP contribution in [0.1, 0.15) is 0 Å². The van der Waals surface area contributed by atoms with E-state index in [2.05, 4.69) is 29.7 Å². The molecule has 0 radical (unpaired) electrons. The third-order valence-electron chi connectivity index (χ3n) is 5.72. The zero-order chi connectivity index (χ0) is 24.7. The molecule has 0 aliphatic carbocycles. The third kappa shape index (κ3) is 5.14. The van der Waals surface area contributed by atoms with Crippen molar-refractivity contribution in [3.05, 3.63) is 97.6 Å². The smallest absolute Gasteiger partial charge is 0.183 e. The number of anilines is 4. The molecule has 0 atom stereocenters. The molecule has 4 aromatic heterocycles. The number of hydrogen-bond acceptors (Lipinski definition) is 6. The van der Waals surface area contributed by atoms with E-state index in [9.17, 15) is 0 Å². The van der Waals surface area contributed by atoms with Crippen molar-refractivity contribution in [1.29, 1.82) is 0 Å². The Labute approximate surface area is 220 Å². The van der Waals surface area contributed by atoms with Crippen LogP contribution in [0.2, 0.25) is 0 Å².